The van der Waals surface area contributed by atoms with E-state index in [1.54, 1.807) is 6.33 Å². The minimum Gasteiger partial charge on any atom is -0.335 e. The van der Waals surface area contributed by atoms with Gasteiger partial charge in [0.05, 0.1) is 5.75 Å². The van der Waals surface area contributed by atoms with Crippen LogP contribution in [-0.2, 0) is 11.3 Å². The van der Waals surface area contributed by atoms with Crippen molar-refractivity contribution in [1.82, 2.24) is 19.7 Å². The lowest BCUT2D eigenvalue weighted by molar-refractivity contribution is -0.129. The van der Waals surface area contributed by atoms with E-state index in [0.29, 0.717) is 18.3 Å². The number of nitrogens with zero attached hydrogens (tertiary/aromatic N) is 4. The monoisotopic (exact) mass is 406 g/mol. The smallest absolute Gasteiger partial charge is 0.233 e. The summed E-state index contributed by atoms with van der Waals surface area (Å²) < 4.78 is 1.95. The normalized spacial score (nSPS) is 13.5. The number of benzene rings is 2. The zero-order valence-corrected chi connectivity index (χ0v) is 17.9. The second kappa shape index (κ2) is 8.41. The third-order valence-corrected chi connectivity index (χ3v) is 6.32. The van der Waals surface area contributed by atoms with Crippen molar-refractivity contribution in [1.29, 1.82) is 0 Å². The standard InChI is InChI=1S/C23H26N4OS/c1-16-4-7-19(8-5-16)13-26(20-10-11-20)22(28)14-29-23-25-24-15-27(23)21-9-6-17(2)18(3)12-21/h4-9,12,15,20H,10-11,13-14H2,1-3H3. The molecule has 1 heterocycles. The van der Waals surface area contributed by atoms with Gasteiger partial charge in [-0.15, -0.1) is 10.2 Å². The number of rotatable bonds is 7. The summed E-state index contributed by atoms with van der Waals surface area (Å²) in [7, 11) is 0. The van der Waals surface area contributed by atoms with E-state index in [4.69, 9.17) is 0 Å². The molecule has 0 saturated heterocycles. The molecule has 1 aliphatic rings. The molecule has 1 aliphatic carbocycles. The van der Waals surface area contributed by atoms with E-state index in [-0.39, 0.29) is 5.91 Å². The van der Waals surface area contributed by atoms with Crippen LogP contribution < -0.4 is 0 Å². The molecule has 6 heteroatoms. The highest BCUT2D eigenvalue weighted by Crippen LogP contribution is 2.30. The van der Waals surface area contributed by atoms with E-state index >= 15 is 0 Å². The first-order valence-electron chi connectivity index (χ1n) is 9.97. The summed E-state index contributed by atoms with van der Waals surface area (Å²) >= 11 is 1.45. The number of hydrogen-bond donors (Lipinski definition) is 0. The van der Waals surface area contributed by atoms with Crippen molar-refractivity contribution in [2.45, 2.75) is 51.4 Å². The highest BCUT2D eigenvalue weighted by Gasteiger charge is 2.32. The first-order chi connectivity index (χ1) is 14.0. The molecule has 4 rings (SSSR count). The Balaban J connectivity index is 1.44. The van der Waals surface area contributed by atoms with E-state index in [9.17, 15) is 4.79 Å². The minimum atomic E-state index is 0.160. The van der Waals surface area contributed by atoms with Gasteiger partial charge in [0.25, 0.3) is 0 Å². The summed E-state index contributed by atoms with van der Waals surface area (Å²) in [5.74, 6) is 0.527. The molecular formula is C23H26N4OS. The molecule has 2 aromatic carbocycles. The molecule has 1 saturated carbocycles. The number of aromatic nitrogens is 3. The molecule has 0 radical (unpaired) electrons. The molecular weight excluding hydrogens is 380 g/mol. The number of aryl methyl sites for hydroxylation is 3. The third-order valence-electron chi connectivity index (χ3n) is 5.39. The van der Waals surface area contributed by atoms with E-state index in [1.165, 1.54) is 34.0 Å². The van der Waals surface area contributed by atoms with Gasteiger partial charge in [0.15, 0.2) is 5.16 Å². The van der Waals surface area contributed by atoms with Gasteiger partial charge in [0.2, 0.25) is 5.91 Å². The maximum absolute atomic E-state index is 13.0. The van der Waals surface area contributed by atoms with Gasteiger partial charge in [-0.3, -0.25) is 9.36 Å². The summed E-state index contributed by atoms with van der Waals surface area (Å²) in [5.41, 5.74) is 5.91. The molecule has 0 N–H and O–H groups in total. The maximum Gasteiger partial charge on any atom is 0.233 e. The van der Waals surface area contributed by atoms with Crippen LogP contribution in [0.4, 0.5) is 0 Å². The predicted molar refractivity (Wildman–Crippen MR) is 116 cm³/mol. The quantitative estimate of drug-likeness (QED) is 0.543. The number of thioether (sulfide) groups is 1. The number of carbonyl (C=O) groups is 1. The Kier molecular flexibility index (Phi) is 5.72. The number of hydrogen-bond acceptors (Lipinski definition) is 4. The van der Waals surface area contributed by atoms with Gasteiger partial charge in [0, 0.05) is 18.3 Å². The molecule has 0 aliphatic heterocycles. The Morgan fingerprint density at radius 1 is 1.10 bits per heavy atom. The van der Waals surface area contributed by atoms with Crippen molar-refractivity contribution in [3.8, 4) is 5.69 Å². The minimum absolute atomic E-state index is 0.160. The average Bonchev–Trinajstić information content (AvgIpc) is 3.45. The van der Waals surface area contributed by atoms with Crippen LogP contribution >= 0.6 is 11.8 Å². The summed E-state index contributed by atoms with van der Waals surface area (Å²) in [4.78, 5) is 15.0. The van der Waals surface area contributed by atoms with Gasteiger partial charge in [-0.2, -0.15) is 0 Å². The van der Waals surface area contributed by atoms with E-state index in [0.717, 1.165) is 23.7 Å². The molecule has 1 fully saturated rings. The summed E-state index contributed by atoms with van der Waals surface area (Å²) in [6.07, 6.45) is 3.91. The second-order valence-corrected chi connectivity index (χ2v) is 8.72. The van der Waals surface area contributed by atoms with Crippen LogP contribution in [0, 0.1) is 20.8 Å². The Morgan fingerprint density at radius 2 is 1.86 bits per heavy atom. The van der Waals surface area contributed by atoms with Gasteiger partial charge in [-0.1, -0.05) is 47.7 Å². The van der Waals surface area contributed by atoms with Crippen LogP contribution in [0.5, 0.6) is 0 Å². The summed E-state index contributed by atoms with van der Waals surface area (Å²) in [5, 5.41) is 9.04. The molecule has 1 aromatic heterocycles. The summed E-state index contributed by atoms with van der Waals surface area (Å²) in [6, 6.07) is 15.1. The Bertz CT molecular complexity index is 1010. The molecule has 5 nitrogen and oxygen atoms in total. The third kappa shape index (κ3) is 4.70. The van der Waals surface area contributed by atoms with Gasteiger partial charge in [0.1, 0.15) is 6.33 Å². The zero-order valence-electron chi connectivity index (χ0n) is 17.1. The summed E-state index contributed by atoms with van der Waals surface area (Å²) in [6.45, 7) is 6.95. The Hall–Kier alpha value is -2.60. The van der Waals surface area contributed by atoms with Crippen molar-refractivity contribution in [2.75, 3.05) is 5.75 Å². The fourth-order valence-electron chi connectivity index (χ4n) is 3.28. The molecule has 29 heavy (non-hydrogen) atoms. The first kappa shape index (κ1) is 19.7. The Labute approximate surface area is 176 Å². The van der Waals surface area contributed by atoms with Crippen LogP contribution in [0.25, 0.3) is 5.69 Å². The fraction of sp³-hybridized carbons (Fsp3) is 0.348. The fourth-order valence-corrected chi connectivity index (χ4v) is 4.10. The van der Waals surface area contributed by atoms with E-state index in [2.05, 4.69) is 73.4 Å². The number of amides is 1. The van der Waals surface area contributed by atoms with Crippen molar-refractivity contribution in [2.24, 2.45) is 0 Å². The predicted octanol–water partition coefficient (Wildman–Crippen LogP) is 4.48. The van der Waals surface area contributed by atoms with Gasteiger partial charge < -0.3 is 4.90 Å². The maximum atomic E-state index is 13.0. The molecule has 1 amide bonds. The van der Waals surface area contributed by atoms with Gasteiger partial charge >= 0.3 is 0 Å². The molecule has 3 aromatic rings. The van der Waals surface area contributed by atoms with Crippen LogP contribution in [-0.4, -0.2) is 37.4 Å². The van der Waals surface area contributed by atoms with Crippen LogP contribution in [0.1, 0.15) is 35.1 Å². The van der Waals surface area contributed by atoms with Crippen molar-refractivity contribution in [3.05, 3.63) is 71.0 Å². The lowest BCUT2D eigenvalue weighted by Gasteiger charge is -2.22. The highest BCUT2D eigenvalue weighted by molar-refractivity contribution is 7.99. The molecule has 150 valence electrons. The molecule has 0 unspecified atom stereocenters. The zero-order chi connectivity index (χ0) is 20.4. The van der Waals surface area contributed by atoms with Gasteiger partial charge in [-0.25, -0.2) is 0 Å². The van der Waals surface area contributed by atoms with Crippen molar-refractivity contribution < 1.29 is 4.79 Å². The highest BCUT2D eigenvalue weighted by atomic mass is 32.2. The SMILES string of the molecule is Cc1ccc(CN(C(=O)CSc2nncn2-c2ccc(C)c(C)c2)C2CC2)cc1. The van der Waals surface area contributed by atoms with Gasteiger partial charge in [-0.05, 0) is 62.4 Å². The largest absolute Gasteiger partial charge is 0.335 e. The van der Waals surface area contributed by atoms with E-state index in [1.807, 2.05) is 9.47 Å². The van der Waals surface area contributed by atoms with Crippen LogP contribution in [0.15, 0.2) is 53.9 Å². The molecule has 0 spiro atoms. The van der Waals surface area contributed by atoms with Crippen molar-refractivity contribution in [3.63, 3.8) is 0 Å². The van der Waals surface area contributed by atoms with E-state index < -0.39 is 0 Å². The number of carbonyl (C=O) groups excluding carboxylic acids is 1. The average molecular weight is 407 g/mol. The Morgan fingerprint density at radius 3 is 2.55 bits per heavy atom. The van der Waals surface area contributed by atoms with Crippen molar-refractivity contribution >= 4 is 17.7 Å². The molecule has 0 atom stereocenters. The first-order valence-corrected chi connectivity index (χ1v) is 11.0. The van der Waals surface area contributed by atoms with Crippen LogP contribution in [0.3, 0.4) is 0 Å². The van der Waals surface area contributed by atoms with Crippen LogP contribution in [0.2, 0.25) is 0 Å². The lowest BCUT2D eigenvalue weighted by atomic mass is 10.1. The lowest BCUT2D eigenvalue weighted by Crippen LogP contribution is -2.34. The topological polar surface area (TPSA) is 51.0 Å². The second-order valence-electron chi connectivity index (χ2n) is 7.78. The molecule has 0 bridgehead atoms.